The summed E-state index contributed by atoms with van der Waals surface area (Å²) in [5, 5.41) is 4.78. The first kappa shape index (κ1) is 52.9. The Morgan fingerprint density at radius 1 is 0.774 bits per heavy atom. The Morgan fingerprint density at radius 3 is 1.77 bits per heavy atom. The molecule has 346 valence electrons. The fourth-order valence-corrected chi connectivity index (χ4v) is 10.1. The van der Waals surface area contributed by atoms with Crippen molar-refractivity contribution in [1.82, 2.24) is 14.9 Å². The lowest BCUT2D eigenvalue weighted by molar-refractivity contribution is -0.125. The molecule has 0 saturated carbocycles. The molecule has 0 bridgehead atoms. The van der Waals surface area contributed by atoms with Crippen molar-refractivity contribution >= 4 is 38.7 Å². The van der Waals surface area contributed by atoms with Crippen molar-refractivity contribution in [3.8, 4) is 0 Å². The molecule has 3 aromatic rings. The summed E-state index contributed by atoms with van der Waals surface area (Å²) in [7, 11) is -7.53. The maximum atomic E-state index is 16.2. The van der Waals surface area contributed by atoms with Crippen LogP contribution in [0.3, 0.4) is 0 Å². The summed E-state index contributed by atoms with van der Waals surface area (Å²) in [6.07, 6.45) is 0.259. The summed E-state index contributed by atoms with van der Waals surface area (Å²) in [6, 6.07) is 22.4. The minimum absolute atomic E-state index is 0.0110. The number of alkyl halides is 2. The van der Waals surface area contributed by atoms with Crippen LogP contribution in [0.2, 0.25) is 36.3 Å². The second-order valence-electron chi connectivity index (χ2n) is 19.3. The SMILES string of the molecule is CCCCCN([C@@H](CCC(F)(F)CNC(=O)[C@@H](NC(=O)OC)C(c1ccccc1)c1ccccc1)CO[Si](C)(C)C(C)(C)C)S(=O)(=O)c1ccc(CO[Si](C)(C)C(C)(C)C)cc1. The lowest BCUT2D eigenvalue weighted by Crippen LogP contribution is -2.52. The maximum Gasteiger partial charge on any atom is 0.407 e. The number of sulfonamides is 1. The van der Waals surface area contributed by atoms with Gasteiger partial charge >= 0.3 is 6.09 Å². The summed E-state index contributed by atoms with van der Waals surface area (Å²) in [5.74, 6) is -5.02. The first-order valence-corrected chi connectivity index (χ1v) is 29.0. The van der Waals surface area contributed by atoms with Gasteiger partial charge in [-0.1, -0.05) is 134 Å². The van der Waals surface area contributed by atoms with Crippen molar-refractivity contribution in [2.45, 2.75) is 152 Å². The third-order valence-corrected chi connectivity index (χ3v) is 23.5. The molecule has 0 aliphatic rings. The topological polar surface area (TPSA) is 123 Å². The maximum absolute atomic E-state index is 16.2. The van der Waals surface area contributed by atoms with E-state index in [-0.39, 0.29) is 34.5 Å². The predicted molar refractivity (Wildman–Crippen MR) is 250 cm³/mol. The normalized spacial score (nSPS) is 14.1. The van der Waals surface area contributed by atoms with Gasteiger partial charge in [-0.3, -0.25) is 4.79 Å². The van der Waals surface area contributed by atoms with E-state index in [1.807, 2.05) is 32.2 Å². The molecule has 0 aromatic heterocycles. The van der Waals surface area contributed by atoms with Crippen LogP contribution in [-0.4, -0.2) is 86.2 Å². The van der Waals surface area contributed by atoms with Crippen LogP contribution in [0.25, 0.3) is 0 Å². The van der Waals surface area contributed by atoms with E-state index in [4.69, 9.17) is 13.6 Å². The predicted octanol–water partition coefficient (Wildman–Crippen LogP) is 10.9. The molecule has 62 heavy (non-hydrogen) atoms. The van der Waals surface area contributed by atoms with Crippen LogP contribution < -0.4 is 10.6 Å². The Morgan fingerprint density at radius 2 is 1.29 bits per heavy atom. The number of amides is 2. The van der Waals surface area contributed by atoms with Crippen molar-refractivity contribution in [2.24, 2.45) is 0 Å². The minimum atomic E-state index is -4.18. The molecule has 2 amide bonds. The fourth-order valence-electron chi connectivity index (χ4n) is 6.40. The number of alkyl carbamates (subject to hydrolysis) is 1. The molecule has 0 spiro atoms. The van der Waals surface area contributed by atoms with Gasteiger partial charge in [-0.2, -0.15) is 4.31 Å². The van der Waals surface area contributed by atoms with Crippen molar-refractivity contribution in [3.63, 3.8) is 0 Å². The van der Waals surface area contributed by atoms with Gasteiger partial charge in [0.2, 0.25) is 15.9 Å². The van der Waals surface area contributed by atoms with Crippen LogP contribution >= 0.6 is 0 Å². The monoisotopic (exact) mass is 917 g/mol. The van der Waals surface area contributed by atoms with Gasteiger partial charge in [0.05, 0.1) is 31.8 Å². The molecule has 0 aliphatic carbocycles. The van der Waals surface area contributed by atoms with E-state index in [0.29, 0.717) is 24.2 Å². The van der Waals surface area contributed by atoms with Crippen LogP contribution in [0.1, 0.15) is 103 Å². The number of nitrogens with one attached hydrogen (secondary N) is 2. The molecule has 2 N–H and O–H groups in total. The number of hydrogen-bond acceptors (Lipinski definition) is 7. The van der Waals surface area contributed by atoms with E-state index in [1.165, 1.54) is 4.31 Å². The van der Waals surface area contributed by atoms with Crippen LogP contribution in [0.5, 0.6) is 0 Å². The molecule has 0 heterocycles. The van der Waals surface area contributed by atoms with E-state index < -0.39 is 75.5 Å². The molecule has 0 radical (unpaired) electrons. The van der Waals surface area contributed by atoms with Gasteiger partial charge in [-0.25, -0.2) is 22.0 Å². The summed E-state index contributed by atoms with van der Waals surface area (Å²) in [6.45, 7) is 22.5. The van der Waals surface area contributed by atoms with Gasteiger partial charge in [-0.05, 0) is 77.9 Å². The average Bonchev–Trinajstić information content (AvgIpc) is 3.21. The van der Waals surface area contributed by atoms with Crippen molar-refractivity contribution in [1.29, 1.82) is 0 Å². The summed E-state index contributed by atoms with van der Waals surface area (Å²) in [5.41, 5.74) is 2.21. The number of unbranched alkanes of at least 4 members (excludes halogenated alkanes) is 2. The highest BCUT2D eigenvalue weighted by molar-refractivity contribution is 7.89. The number of benzene rings is 3. The molecular formula is C47H73F2N3O7SSi2. The minimum Gasteiger partial charge on any atom is -0.453 e. The molecule has 0 aliphatic heterocycles. The number of methoxy groups -OCH3 is 1. The highest BCUT2D eigenvalue weighted by Gasteiger charge is 2.42. The van der Waals surface area contributed by atoms with Crippen LogP contribution in [0, 0.1) is 0 Å². The Kier molecular flexibility index (Phi) is 19.1. The van der Waals surface area contributed by atoms with Crippen LogP contribution in [0.15, 0.2) is 89.8 Å². The second kappa shape index (κ2) is 22.4. The van der Waals surface area contributed by atoms with Crippen LogP contribution in [0.4, 0.5) is 13.6 Å². The standard InChI is InChI=1S/C47H73F2N3O7SSi2/c1-13-14-21-32-52(60(55,56)40-28-26-36(27-29-40)33-58-61(9,10)45(2,3)4)39(34-59-62(11,12)46(5,6)7)30-31-47(48,49)35-50-43(53)42(51-44(54)57-8)41(37-22-17-15-18-23-37)38-24-19-16-20-25-38/h15-20,22-29,39,41-42H,13-14,21,30-35H2,1-12H3,(H,50,53)(H,51,54)/t39-,42-/m0/s1. The quantitative estimate of drug-likeness (QED) is 0.0717. The largest absolute Gasteiger partial charge is 0.453 e. The zero-order valence-electron chi connectivity index (χ0n) is 39.1. The molecule has 0 fully saturated rings. The second-order valence-corrected chi connectivity index (χ2v) is 30.8. The van der Waals surface area contributed by atoms with Gasteiger partial charge in [0.15, 0.2) is 16.6 Å². The number of rotatable bonds is 23. The van der Waals surface area contributed by atoms with E-state index in [1.54, 1.807) is 72.8 Å². The van der Waals surface area contributed by atoms with Gasteiger partial charge < -0.3 is 24.2 Å². The zero-order valence-corrected chi connectivity index (χ0v) is 42.0. The fraction of sp³-hybridized carbons (Fsp3) is 0.574. The lowest BCUT2D eigenvalue weighted by atomic mass is 9.84. The molecule has 2 atom stereocenters. The third-order valence-electron chi connectivity index (χ3n) is 12.5. The average molecular weight is 918 g/mol. The molecule has 15 heteroatoms. The van der Waals surface area contributed by atoms with Crippen molar-refractivity contribution in [3.05, 3.63) is 102 Å². The van der Waals surface area contributed by atoms with Gasteiger partial charge in [0.1, 0.15) is 6.04 Å². The highest BCUT2D eigenvalue weighted by Crippen LogP contribution is 2.39. The van der Waals surface area contributed by atoms with Gasteiger partial charge in [0.25, 0.3) is 5.92 Å². The number of ether oxygens (including phenoxy) is 1. The number of hydrogen-bond donors (Lipinski definition) is 2. The Labute approximate surface area is 373 Å². The Bertz CT molecular complexity index is 1920. The zero-order chi connectivity index (χ0) is 46.6. The number of halogens is 2. The summed E-state index contributed by atoms with van der Waals surface area (Å²) in [4.78, 5) is 26.6. The number of nitrogens with zero attached hydrogens (tertiary/aromatic N) is 1. The molecule has 3 rings (SSSR count). The van der Waals surface area contributed by atoms with E-state index in [2.05, 4.69) is 65.3 Å². The first-order chi connectivity index (χ1) is 28.8. The van der Waals surface area contributed by atoms with Crippen molar-refractivity contribution in [2.75, 3.05) is 26.8 Å². The highest BCUT2D eigenvalue weighted by atomic mass is 32.2. The number of carbonyl (C=O) groups is 2. The molecule has 3 aromatic carbocycles. The molecular weight excluding hydrogens is 845 g/mol. The van der Waals surface area contributed by atoms with Crippen LogP contribution in [-0.2, 0) is 35.0 Å². The first-order valence-electron chi connectivity index (χ1n) is 21.7. The van der Waals surface area contributed by atoms with E-state index >= 15 is 8.78 Å². The Hall–Kier alpha value is -3.48. The van der Waals surface area contributed by atoms with E-state index in [0.717, 1.165) is 25.5 Å². The van der Waals surface area contributed by atoms with E-state index in [9.17, 15) is 18.0 Å². The molecule has 10 nitrogen and oxygen atoms in total. The lowest BCUT2D eigenvalue weighted by Gasteiger charge is -2.39. The Balaban J connectivity index is 1.94. The number of carbonyl (C=O) groups excluding carboxylic acids is 2. The van der Waals surface area contributed by atoms with Gasteiger partial charge in [-0.15, -0.1) is 0 Å². The molecule has 0 unspecified atom stereocenters. The summed E-state index contributed by atoms with van der Waals surface area (Å²) >= 11 is 0. The summed E-state index contributed by atoms with van der Waals surface area (Å²) < 4.78 is 80.8. The third kappa shape index (κ3) is 15.1. The van der Waals surface area contributed by atoms with Crippen molar-refractivity contribution < 1.29 is 40.4 Å². The smallest absolute Gasteiger partial charge is 0.407 e. The molecule has 0 saturated heterocycles. The van der Waals surface area contributed by atoms with Gasteiger partial charge in [0, 0.05) is 24.9 Å².